The first kappa shape index (κ1) is 25.3. The van der Waals surface area contributed by atoms with Crippen LogP contribution in [0, 0.1) is 0 Å². The first-order chi connectivity index (χ1) is 14.0. The molecule has 1 rings (SSSR count). The Morgan fingerprint density at radius 3 is 2.30 bits per heavy atom. The Kier molecular flexibility index (Phi) is 9.62. The number of amides is 5. The van der Waals surface area contributed by atoms with Gasteiger partial charge in [-0.3, -0.25) is 24.0 Å². The molecule has 0 aromatic carbocycles. The molecule has 0 aliphatic carbocycles. The van der Waals surface area contributed by atoms with Crippen LogP contribution in [0.1, 0.15) is 32.6 Å². The Labute approximate surface area is 173 Å². The predicted molar refractivity (Wildman–Crippen MR) is 103 cm³/mol. The zero-order chi connectivity index (χ0) is 23.0. The summed E-state index contributed by atoms with van der Waals surface area (Å²) in [5.41, 5.74) is 15.8. The minimum atomic E-state index is -1.45. The van der Waals surface area contributed by atoms with E-state index in [0.29, 0.717) is 12.8 Å². The third-order valence-electron chi connectivity index (χ3n) is 4.75. The van der Waals surface area contributed by atoms with Gasteiger partial charge >= 0.3 is 0 Å². The number of nitrogens with one attached hydrogen (secondary N) is 2. The van der Waals surface area contributed by atoms with Crippen molar-refractivity contribution < 1.29 is 34.2 Å². The number of hydrogen-bond acceptors (Lipinski definition) is 8. The number of aliphatic hydroxyl groups excluding tert-OH is 2. The van der Waals surface area contributed by atoms with E-state index in [1.54, 1.807) is 0 Å². The number of rotatable bonds is 11. The lowest BCUT2D eigenvalue weighted by Crippen LogP contribution is -2.60. The Morgan fingerprint density at radius 1 is 1.17 bits per heavy atom. The van der Waals surface area contributed by atoms with Crippen molar-refractivity contribution in [2.75, 3.05) is 13.2 Å². The maximum Gasteiger partial charge on any atom is 0.245 e. The van der Waals surface area contributed by atoms with E-state index in [-0.39, 0.29) is 19.4 Å². The zero-order valence-corrected chi connectivity index (χ0v) is 16.7. The lowest BCUT2D eigenvalue weighted by molar-refractivity contribution is -0.141. The molecule has 0 unspecified atom stereocenters. The van der Waals surface area contributed by atoms with Gasteiger partial charge in [-0.25, -0.2) is 0 Å². The normalized spacial score (nSPS) is 20.0. The fourth-order valence-electron chi connectivity index (χ4n) is 3.08. The zero-order valence-electron chi connectivity index (χ0n) is 16.7. The van der Waals surface area contributed by atoms with Crippen molar-refractivity contribution in [1.29, 1.82) is 0 Å². The van der Waals surface area contributed by atoms with E-state index in [9.17, 15) is 29.1 Å². The van der Waals surface area contributed by atoms with Crippen LogP contribution in [0.3, 0.4) is 0 Å². The molecule has 0 bridgehead atoms. The number of hydrogen-bond donors (Lipinski definition) is 7. The second kappa shape index (κ2) is 11.4. The second-order valence-corrected chi connectivity index (χ2v) is 7.17. The van der Waals surface area contributed by atoms with Crippen molar-refractivity contribution >= 4 is 29.5 Å². The fourth-order valence-corrected chi connectivity index (χ4v) is 3.08. The molecule has 5 amide bonds. The molecule has 5 atom stereocenters. The van der Waals surface area contributed by atoms with Crippen molar-refractivity contribution in [3.05, 3.63) is 0 Å². The molecule has 30 heavy (non-hydrogen) atoms. The SMILES string of the molecule is C[C@@H](O)[C@H](NC(=O)[C@@H]1CCCN1C(=O)[C@@H](N)CO)C(=O)N[C@@H](CCC(N)=O)C(N)=O. The third kappa shape index (κ3) is 6.93. The third-order valence-corrected chi connectivity index (χ3v) is 4.75. The van der Waals surface area contributed by atoms with E-state index in [1.165, 1.54) is 11.8 Å². The smallest absolute Gasteiger partial charge is 0.245 e. The highest BCUT2D eigenvalue weighted by Crippen LogP contribution is 2.18. The van der Waals surface area contributed by atoms with Crippen LogP contribution in [0.15, 0.2) is 0 Å². The van der Waals surface area contributed by atoms with Gasteiger partial charge in [-0.05, 0) is 26.2 Å². The Morgan fingerprint density at radius 2 is 1.80 bits per heavy atom. The summed E-state index contributed by atoms with van der Waals surface area (Å²) in [6.07, 6.45) is -0.856. The van der Waals surface area contributed by atoms with Crippen LogP contribution in [-0.2, 0) is 24.0 Å². The summed E-state index contributed by atoms with van der Waals surface area (Å²) >= 11 is 0. The minimum Gasteiger partial charge on any atom is -0.394 e. The summed E-state index contributed by atoms with van der Waals surface area (Å²) in [4.78, 5) is 61.1. The second-order valence-electron chi connectivity index (χ2n) is 7.17. The van der Waals surface area contributed by atoms with Crippen molar-refractivity contribution in [3.63, 3.8) is 0 Å². The van der Waals surface area contributed by atoms with Crippen LogP contribution in [0.4, 0.5) is 0 Å². The number of likely N-dealkylation sites (tertiary alicyclic amines) is 1. The molecular formula is C17H30N6O7. The number of nitrogens with zero attached hydrogens (tertiary/aromatic N) is 1. The standard InChI is InChI=1S/C17H30N6O7/c1-8(25)13(16(29)21-10(14(20)27)4-5-12(19)26)22-15(28)11-3-2-6-23(11)17(30)9(18)7-24/h8-11,13,24-25H,2-7,18H2,1H3,(H2,19,26)(H2,20,27)(H,21,29)(H,22,28)/t8-,9+,10+,11+,13+/m1/s1. The molecule has 1 aliphatic heterocycles. The van der Waals surface area contributed by atoms with Crippen LogP contribution in [-0.4, -0.2) is 88.1 Å². The van der Waals surface area contributed by atoms with E-state index in [0.717, 1.165) is 0 Å². The summed E-state index contributed by atoms with van der Waals surface area (Å²) in [5.74, 6) is -3.79. The average molecular weight is 430 g/mol. The van der Waals surface area contributed by atoms with Crippen molar-refractivity contribution in [1.82, 2.24) is 15.5 Å². The van der Waals surface area contributed by atoms with E-state index in [1.807, 2.05) is 0 Å². The summed E-state index contributed by atoms with van der Waals surface area (Å²) < 4.78 is 0. The lowest BCUT2D eigenvalue weighted by atomic mass is 10.1. The van der Waals surface area contributed by atoms with Gasteiger partial charge in [0.2, 0.25) is 29.5 Å². The van der Waals surface area contributed by atoms with Crippen LogP contribution in [0.2, 0.25) is 0 Å². The summed E-state index contributed by atoms with van der Waals surface area (Å²) in [7, 11) is 0. The molecule has 0 aromatic heterocycles. The quantitative estimate of drug-likeness (QED) is 0.168. The van der Waals surface area contributed by atoms with Crippen LogP contribution < -0.4 is 27.8 Å². The monoisotopic (exact) mass is 430 g/mol. The number of carbonyl (C=O) groups excluding carboxylic acids is 5. The molecule has 13 nitrogen and oxygen atoms in total. The van der Waals surface area contributed by atoms with Crippen LogP contribution >= 0.6 is 0 Å². The molecule has 10 N–H and O–H groups in total. The first-order valence-electron chi connectivity index (χ1n) is 9.52. The molecule has 1 aliphatic rings. The van der Waals surface area contributed by atoms with E-state index in [4.69, 9.17) is 22.3 Å². The van der Waals surface area contributed by atoms with Gasteiger partial charge < -0.3 is 42.9 Å². The Hall–Kier alpha value is -2.77. The number of primary amides is 2. The molecule has 1 fully saturated rings. The van der Waals surface area contributed by atoms with E-state index >= 15 is 0 Å². The van der Waals surface area contributed by atoms with Gasteiger partial charge in [0.15, 0.2) is 0 Å². The highest BCUT2D eigenvalue weighted by Gasteiger charge is 2.38. The van der Waals surface area contributed by atoms with Gasteiger partial charge in [0.1, 0.15) is 24.2 Å². The maximum atomic E-state index is 12.7. The number of aliphatic hydroxyl groups is 2. The molecule has 170 valence electrons. The van der Waals surface area contributed by atoms with Gasteiger partial charge in [-0.15, -0.1) is 0 Å². The highest BCUT2D eigenvalue weighted by molar-refractivity contribution is 5.95. The maximum absolute atomic E-state index is 12.7. The van der Waals surface area contributed by atoms with Crippen LogP contribution in [0.25, 0.3) is 0 Å². The Bertz CT molecular complexity index is 671. The summed E-state index contributed by atoms with van der Waals surface area (Å²) in [6.45, 7) is 0.932. The van der Waals surface area contributed by atoms with Crippen molar-refractivity contribution in [2.24, 2.45) is 17.2 Å². The van der Waals surface area contributed by atoms with Gasteiger partial charge in [0.05, 0.1) is 12.7 Å². The largest absolute Gasteiger partial charge is 0.394 e. The molecule has 1 saturated heterocycles. The van der Waals surface area contributed by atoms with Gasteiger partial charge in [0, 0.05) is 13.0 Å². The first-order valence-corrected chi connectivity index (χ1v) is 9.52. The molecule has 13 heteroatoms. The molecule has 1 heterocycles. The van der Waals surface area contributed by atoms with Crippen molar-refractivity contribution in [2.45, 2.75) is 62.9 Å². The van der Waals surface area contributed by atoms with E-state index in [2.05, 4.69) is 10.6 Å². The molecule has 0 radical (unpaired) electrons. The highest BCUT2D eigenvalue weighted by atomic mass is 16.3. The van der Waals surface area contributed by atoms with Crippen molar-refractivity contribution in [3.8, 4) is 0 Å². The number of carbonyl (C=O) groups is 5. The average Bonchev–Trinajstić information content (AvgIpc) is 3.16. The van der Waals surface area contributed by atoms with Gasteiger partial charge in [-0.2, -0.15) is 0 Å². The summed E-state index contributed by atoms with van der Waals surface area (Å²) in [5, 5.41) is 23.7. The number of nitrogens with two attached hydrogens (primary N) is 3. The van der Waals surface area contributed by atoms with Gasteiger partial charge in [-0.1, -0.05) is 0 Å². The predicted octanol–water partition coefficient (Wildman–Crippen LogP) is -4.60. The lowest BCUT2D eigenvalue weighted by Gasteiger charge is -2.29. The van der Waals surface area contributed by atoms with Gasteiger partial charge in [0.25, 0.3) is 0 Å². The topological polar surface area (TPSA) is 231 Å². The molecule has 0 saturated carbocycles. The molecule has 0 spiro atoms. The van der Waals surface area contributed by atoms with Crippen LogP contribution in [0.5, 0.6) is 0 Å². The Balaban J connectivity index is 2.85. The summed E-state index contributed by atoms with van der Waals surface area (Å²) in [6, 6.07) is -4.77. The minimum absolute atomic E-state index is 0.138. The van der Waals surface area contributed by atoms with E-state index < -0.39 is 66.4 Å². The molecular weight excluding hydrogens is 400 g/mol. The fraction of sp³-hybridized carbons (Fsp3) is 0.706. The molecule has 0 aromatic rings.